The van der Waals surface area contributed by atoms with Crippen LogP contribution in [0.3, 0.4) is 0 Å². The number of carbonyl (C=O) groups excluding carboxylic acids is 4. The second-order valence-corrected chi connectivity index (χ2v) is 18.6. The zero-order valence-electron chi connectivity index (χ0n) is 41.1. The molecule has 366 valence electrons. The van der Waals surface area contributed by atoms with Crippen LogP contribution in [0.15, 0.2) is 60.9 Å². The van der Waals surface area contributed by atoms with Crippen molar-refractivity contribution < 1.29 is 28.3 Å². The van der Waals surface area contributed by atoms with Gasteiger partial charge in [-0.05, 0) is 88.4 Å². The van der Waals surface area contributed by atoms with Crippen molar-refractivity contribution in [1.29, 1.82) is 0 Å². The summed E-state index contributed by atoms with van der Waals surface area (Å²) >= 11 is 1.54. The molecule has 0 bridgehead atoms. The summed E-state index contributed by atoms with van der Waals surface area (Å²) in [7, 11) is 2.99. The molecule has 6 heterocycles. The van der Waals surface area contributed by atoms with Gasteiger partial charge in [0, 0.05) is 58.5 Å². The molecule has 3 aromatic heterocycles. The second-order valence-electron chi connectivity index (χ2n) is 17.4. The van der Waals surface area contributed by atoms with Crippen LogP contribution in [0.2, 0.25) is 0 Å². The van der Waals surface area contributed by atoms with E-state index in [2.05, 4.69) is 98.8 Å². The van der Waals surface area contributed by atoms with Crippen molar-refractivity contribution in [3.05, 3.63) is 93.7 Å². The van der Waals surface area contributed by atoms with E-state index < -0.39 is 6.09 Å². The highest BCUT2D eigenvalue weighted by atomic mass is 32.1. The van der Waals surface area contributed by atoms with Gasteiger partial charge in [0.25, 0.3) is 0 Å². The van der Waals surface area contributed by atoms with E-state index in [9.17, 15) is 19.2 Å². The van der Waals surface area contributed by atoms with Gasteiger partial charge >= 0.3 is 6.09 Å². The number of hydrogen-bond acceptors (Lipinski definition) is 11. The Balaban J connectivity index is 0.000000591. The van der Waals surface area contributed by atoms with Gasteiger partial charge in [-0.3, -0.25) is 9.59 Å². The molecule has 0 aliphatic carbocycles. The molecule has 3 aliphatic rings. The van der Waals surface area contributed by atoms with Gasteiger partial charge in [-0.25, -0.2) is 14.2 Å². The van der Waals surface area contributed by atoms with E-state index >= 15 is 4.39 Å². The summed E-state index contributed by atoms with van der Waals surface area (Å²) in [6.07, 6.45) is 11.1. The van der Waals surface area contributed by atoms with Crippen molar-refractivity contribution in [2.24, 2.45) is 5.92 Å². The van der Waals surface area contributed by atoms with E-state index in [-0.39, 0.29) is 36.4 Å². The van der Waals surface area contributed by atoms with Gasteiger partial charge in [0.2, 0.25) is 12.3 Å². The maximum atomic E-state index is 16.6. The minimum absolute atomic E-state index is 0.114. The number of nitrogens with one attached hydrogen (secondary N) is 4. The summed E-state index contributed by atoms with van der Waals surface area (Å²) in [5.41, 5.74) is 6.94. The lowest BCUT2D eigenvalue weighted by Crippen LogP contribution is -2.40. The molecule has 0 radical (unpaired) electrons. The Kier molecular flexibility index (Phi) is 19.6. The van der Waals surface area contributed by atoms with Crippen LogP contribution in [-0.4, -0.2) is 106 Å². The van der Waals surface area contributed by atoms with E-state index in [1.54, 1.807) is 29.1 Å². The molecule has 4 N–H and O–H groups in total. The minimum Gasteiger partial charge on any atom is -0.453 e. The topological polar surface area (TPSA) is 179 Å². The molecule has 0 saturated carbocycles. The van der Waals surface area contributed by atoms with Crippen molar-refractivity contribution >= 4 is 52.6 Å². The molecule has 68 heavy (non-hydrogen) atoms. The number of H-pyrrole nitrogens is 1. The molecular formula is C51H69FN10O5S. The van der Waals surface area contributed by atoms with Gasteiger partial charge in [-0.1, -0.05) is 77.5 Å². The first-order valence-electron chi connectivity index (χ1n) is 23.6. The smallest absolute Gasteiger partial charge is 0.407 e. The Labute approximate surface area is 404 Å². The van der Waals surface area contributed by atoms with Gasteiger partial charge < -0.3 is 44.8 Å². The van der Waals surface area contributed by atoms with Crippen molar-refractivity contribution in [3.63, 3.8) is 0 Å². The van der Waals surface area contributed by atoms with Crippen LogP contribution < -0.4 is 16.0 Å². The number of likely N-dealkylation sites (N-methyl/N-ethyl adjacent to an activating group) is 1. The number of fused-ring (bicyclic) bond motifs is 5. The number of aromatic nitrogens is 5. The van der Waals surface area contributed by atoms with Gasteiger partial charge in [0.05, 0.1) is 49.4 Å². The van der Waals surface area contributed by atoms with E-state index in [1.807, 2.05) is 38.1 Å². The van der Waals surface area contributed by atoms with Gasteiger partial charge in [0.15, 0.2) is 0 Å². The number of hydrogen-bond donors (Lipinski definition) is 4. The van der Waals surface area contributed by atoms with Crippen LogP contribution in [0.4, 0.5) is 9.18 Å². The van der Waals surface area contributed by atoms with Gasteiger partial charge in [-0.15, -0.1) is 10.2 Å². The molecule has 8 rings (SSSR count). The summed E-state index contributed by atoms with van der Waals surface area (Å²) in [4.78, 5) is 57.1. The number of ether oxygens (including phenoxy) is 1. The molecule has 0 spiro atoms. The second kappa shape index (κ2) is 25.2. The Morgan fingerprint density at radius 1 is 1.06 bits per heavy atom. The lowest BCUT2D eigenvalue weighted by Gasteiger charge is -2.29. The largest absolute Gasteiger partial charge is 0.453 e. The zero-order valence-corrected chi connectivity index (χ0v) is 41.9. The number of amides is 3. The zero-order chi connectivity index (χ0) is 49.5. The number of benzene rings is 2. The molecular weight excluding hydrogens is 884 g/mol. The molecule has 15 nitrogen and oxygen atoms in total. The van der Waals surface area contributed by atoms with E-state index in [0.29, 0.717) is 48.7 Å². The van der Waals surface area contributed by atoms with Crippen LogP contribution in [0.25, 0.3) is 39.1 Å². The third-order valence-electron chi connectivity index (χ3n) is 12.0. The SMILES string of the molecule is C=C(N/C(=C\C)c1cc(F)c2c(c1)CC(c1nnc(C)s1)n1c-2cc2cc(-c3cnc(C4CCCN4C(=O)CNC(=O)OC)[nH]3)ccc21)[C@H]1CCCN1C=O.CCC.CCC(C)C.CNCC=O. The summed E-state index contributed by atoms with van der Waals surface area (Å²) in [6, 6.07) is 11.2. The molecule has 3 aliphatic heterocycles. The number of aromatic amines is 1. The fourth-order valence-corrected chi connectivity index (χ4v) is 9.20. The normalized spacial score (nSPS) is 17.2. The van der Waals surface area contributed by atoms with E-state index in [4.69, 9.17) is 0 Å². The van der Waals surface area contributed by atoms with Crippen molar-refractivity contribution in [1.82, 2.24) is 50.5 Å². The van der Waals surface area contributed by atoms with Gasteiger partial charge in [0.1, 0.15) is 34.5 Å². The van der Waals surface area contributed by atoms with Crippen molar-refractivity contribution in [3.8, 4) is 22.5 Å². The predicted molar refractivity (Wildman–Crippen MR) is 268 cm³/mol. The number of aldehydes is 1. The number of alkyl carbamates (subject to hydrolysis) is 1. The highest BCUT2D eigenvalue weighted by Gasteiger charge is 2.34. The van der Waals surface area contributed by atoms with Crippen molar-refractivity contribution in [2.45, 2.75) is 112 Å². The Hall–Kier alpha value is -6.20. The van der Waals surface area contributed by atoms with Gasteiger partial charge in [-0.2, -0.15) is 0 Å². The predicted octanol–water partition coefficient (Wildman–Crippen LogP) is 9.12. The first-order chi connectivity index (χ1) is 32.8. The van der Waals surface area contributed by atoms with E-state index in [0.717, 1.165) is 93.4 Å². The Bertz CT molecular complexity index is 2550. The fraction of sp³-hybridized carbons (Fsp3) is 0.471. The summed E-state index contributed by atoms with van der Waals surface area (Å²) in [5, 5.41) is 20.0. The summed E-state index contributed by atoms with van der Waals surface area (Å²) < 4.78 is 23.4. The summed E-state index contributed by atoms with van der Waals surface area (Å²) in [5.74, 6) is 1.03. The molecule has 2 aromatic carbocycles. The molecule has 2 saturated heterocycles. The lowest BCUT2D eigenvalue weighted by atomic mass is 9.91. The number of likely N-dealkylation sites (tertiary alicyclic amines) is 2. The van der Waals surface area contributed by atoms with Crippen LogP contribution in [0.5, 0.6) is 0 Å². The maximum Gasteiger partial charge on any atom is 0.407 e. The average Bonchev–Trinajstić information content (AvgIpc) is 4.20. The number of imidazole rings is 1. The molecule has 2 unspecified atom stereocenters. The maximum absolute atomic E-state index is 16.6. The first kappa shape index (κ1) is 52.8. The number of rotatable bonds is 13. The average molecular weight is 953 g/mol. The third-order valence-corrected chi connectivity index (χ3v) is 13.0. The number of allylic oxidation sites excluding steroid dienone is 1. The monoisotopic (exact) mass is 953 g/mol. The van der Waals surface area contributed by atoms with Crippen molar-refractivity contribution in [2.75, 3.05) is 40.3 Å². The molecule has 3 atom stereocenters. The standard InChI is InChI=1S/C40H42FN9O4S.C5H12.C3H7NO.C3H8/c1-5-29(44-22(2)31-8-6-12-48(31)21-51)25-15-27-18-35(39-47-46-23(3)55-39)50-32-11-10-24(14-26(32)17-34(50)37(27)28(41)16-25)30-19-42-38(45-30)33-9-7-13-49(33)36(52)20-43-40(53)54-4;1-4-5(2)3;1-4-2-3-5;1-3-2/h5,10-11,14-17,19,21,31,33,35,44H,2,6-9,12-13,18,20H2,1,3-4H3,(H,42,45)(H,43,53);5H,4H2,1-3H3;3-4H,2H2,1H3;3H2,1-2H3/b29-5-;;;/t31-,33?,35?;;;/m1.../s1. The molecule has 3 amide bonds. The number of nitrogens with zero attached hydrogens (tertiary/aromatic N) is 6. The van der Waals surface area contributed by atoms with Crippen LogP contribution in [-0.2, 0) is 25.5 Å². The third kappa shape index (κ3) is 12.7. The molecule has 2 fully saturated rings. The molecule has 17 heteroatoms. The van der Waals surface area contributed by atoms with E-state index in [1.165, 1.54) is 31.3 Å². The number of halogens is 1. The van der Waals surface area contributed by atoms with Crippen LogP contribution in [0, 0.1) is 18.7 Å². The minimum atomic E-state index is -0.654. The Morgan fingerprint density at radius 2 is 1.79 bits per heavy atom. The highest BCUT2D eigenvalue weighted by Crippen LogP contribution is 2.45. The number of aryl methyl sites for hydroxylation is 1. The fourth-order valence-electron chi connectivity index (χ4n) is 8.41. The van der Waals surface area contributed by atoms with Crippen LogP contribution >= 0.6 is 11.3 Å². The quantitative estimate of drug-likeness (QED) is 0.0832. The Morgan fingerprint density at radius 3 is 2.41 bits per heavy atom. The summed E-state index contributed by atoms with van der Waals surface area (Å²) in [6.45, 7) is 20.5. The lowest BCUT2D eigenvalue weighted by molar-refractivity contribution is -0.131. The highest BCUT2D eigenvalue weighted by molar-refractivity contribution is 7.11. The number of carbonyl (C=O) groups is 4. The van der Waals surface area contributed by atoms with Crippen LogP contribution in [0.1, 0.15) is 119 Å². The first-order valence-corrected chi connectivity index (χ1v) is 24.4. The number of methoxy groups -OCH3 is 1. The molecule has 5 aromatic rings.